The van der Waals surface area contributed by atoms with Gasteiger partial charge in [-0.25, -0.2) is 13.1 Å². The first kappa shape index (κ1) is 10.9. The molecule has 1 unspecified atom stereocenters. The monoisotopic (exact) mass is 183 g/mol. The zero-order valence-corrected chi connectivity index (χ0v) is 8.40. The van der Waals surface area contributed by atoms with Gasteiger partial charge in [0.2, 0.25) is 10.0 Å². The number of hydrogen-bond donors (Lipinski definition) is 1. The summed E-state index contributed by atoms with van der Waals surface area (Å²) in [7, 11) is -2.89. The zero-order chi connectivity index (χ0) is 9.07. The largest absolute Gasteiger partial charge is 0.212 e. The molecule has 0 aliphatic carbocycles. The molecule has 0 bridgehead atoms. The maximum Gasteiger partial charge on any atom is 0.212 e. The predicted molar refractivity (Wildman–Crippen MR) is 51.1 cm³/mol. The summed E-state index contributed by atoms with van der Waals surface area (Å²) in [5.41, 5.74) is 0. The third-order valence-corrected chi connectivity index (χ3v) is 3.40. The van der Waals surface area contributed by atoms with Gasteiger partial charge in [0.15, 0.2) is 0 Å². The van der Waals surface area contributed by atoms with Gasteiger partial charge in [-0.2, -0.15) is 0 Å². The lowest BCUT2D eigenvalue weighted by atomic mass is 10.1. The molecule has 0 saturated carbocycles. The summed E-state index contributed by atoms with van der Waals surface area (Å²) in [5, 5.41) is 0. The van der Waals surface area contributed by atoms with E-state index < -0.39 is 10.0 Å². The summed E-state index contributed by atoms with van der Waals surface area (Å²) >= 11 is 0. The number of hydrogen-bond acceptors (Lipinski definition) is 2. The molecule has 1 fully saturated rings. The van der Waals surface area contributed by atoms with E-state index in [1.807, 2.05) is 27.7 Å². The molecular weight excluding hydrogens is 162 g/mol. The van der Waals surface area contributed by atoms with E-state index in [-0.39, 0.29) is 20.6 Å². The molecule has 1 aliphatic rings. The van der Waals surface area contributed by atoms with E-state index >= 15 is 0 Å². The number of nitrogens with one attached hydrogen (secondary N) is 1. The van der Waals surface area contributed by atoms with Crippen LogP contribution in [-0.2, 0) is 10.0 Å². The molecule has 0 aromatic carbocycles. The minimum Gasteiger partial charge on any atom is -0.212 e. The molecule has 2 atom stereocenters. The van der Waals surface area contributed by atoms with Crippen molar-refractivity contribution in [3.8, 4) is 0 Å². The van der Waals surface area contributed by atoms with Crippen molar-refractivity contribution in [1.29, 1.82) is 0 Å². The molecule has 72 valence electrons. The molecule has 0 radical (unpaired) electrons. The third kappa shape index (κ3) is 3.20. The Balaban J connectivity index is -0.000000234. The summed E-state index contributed by atoms with van der Waals surface area (Å²) < 4.78 is 24.0. The van der Waals surface area contributed by atoms with E-state index in [1.165, 1.54) is 0 Å². The lowest BCUT2D eigenvalue weighted by Gasteiger charge is -2.02. The summed E-state index contributed by atoms with van der Waals surface area (Å²) in [5.74, 6) is 0.545. The average molecular weight is 183 g/mol. The SMILES string of the molecule is CC.CC1NS(=O)(=O)C[C@H]1C.[HH].[HH]. The van der Waals surface area contributed by atoms with Gasteiger partial charge in [-0.05, 0) is 12.8 Å². The minimum absolute atomic E-state index is 0. The molecule has 4 heteroatoms. The first-order valence-corrected chi connectivity index (χ1v) is 5.66. The topological polar surface area (TPSA) is 46.2 Å². The van der Waals surface area contributed by atoms with Crippen molar-refractivity contribution in [1.82, 2.24) is 4.72 Å². The normalized spacial score (nSPS) is 34.2. The third-order valence-electron chi connectivity index (χ3n) is 1.70. The molecule has 0 aromatic heterocycles. The molecule has 1 aliphatic heterocycles. The maximum absolute atomic E-state index is 10.7. The first-order chi connectivity index (χ1) is 5.01. The second-order valence-corrected chi connectivity index (χ2v) is 4.46. The lowest BCUT2D eigenvalue weighted by molar-refractivity contribution is 0.536. The van der Waals surface area contributed by atoms with Crippen molar-refractivity contribution in [3.05, 3.63) is 0 Å². The molecule has 0 amide bonds. The maximum atomic E-state index is 10.7. The van der Waals surface area contributed by atoms with Crippen molar-refractivity contribution in [2.75, 3.05) is 5.75 Å². The van der Waals surface area contributed by atoms with Crippen LogP contribution in [0.3, 0.4) is 0 Å². The van der Waals surface area contributed by atoms with E-state index in [0.717, 1.165) is 0 Å². The fraction of sp³-hybridized carbons (Fsp3) is 1.00. The minimum atomic E-state index is -2.89. The first-order valence-electron chi connectivity index (χ1n) is 4.01. The van der Waals surface area contributed by atoms with Gasteiger partial charge in [-0.3, -0.25) is 0 Å². The van der Waals surface area contributed by atoms with Crippen LogP contribution in [0.4, 0.5) is 0 Å². The van der Waals surface area contributed by atoms with E-state index in [4.69, 9.17) is 0 Å². The second-order valence-electron chi connectivity index (χ2n) is 2.67. The Hall–Kier alpha value is -0.0900. The highest BCUT2D eigenvalue weighted by Crippen LogP contribution is 2.13. The summed E-state index contributed by atoms with van der Waals surface area (Å²) in [6, 6.07) is 0.120. The molecule has 1 heterocycles. The van der Waals surface area contributed by atoms with Crippen LogP contribution in [0, 0.1) is 5.92 Å². The Bertz CT molecular complexity index is 191. The van der Waals surface area contributed by atoms with Gasteiger partial charge in [0.05, 0.1) is 5.75 Å². The predicted octanol–water partition coefficient (Wildman–Crippen LogP) is 1.46. The molecule has 0 aromatic rings. The summed E-state index contributed by atoms with van der Waals surface area (Å²) in [6.07, 6.45) is 0. The van der Waals surface area contributed by atoms with Crippen molar-refractivity contribution < 1.29 is 11.3 Å². The Kier molecular flexibility index (Phi) is 4.03. The van der Waals surface area contributed by atoms with Crippen LogP contribution in [0.5, 0.6) is 0 Å². The van der Waals surface area contributed by atoms with Crippen LogP contribution in [-0.4, -0.2) is 20.2 Å². The Morgan fingerprint density at radius 1 is 1.36 bits per heavy atom. The van der Waals surface area contributed by atoms with Gasteiger partial charge < -0.3 is 0 Å². The van der Waals surface area contributed by atoms with Crippen molar-refractivity contribution >= 4 is 10.0 Å². The smallest absolute Gasteiger partial charge is 0.212 e. The molecule has 0 spiro atoms. The lowest BCUT2D eigenvalue weighted by Crippen LogP contribution is -2.24. The quantitative estimate of drug-likeness (QED) is 0.618. The second kappa shape index (κ2) is 4.07. The molecule has 1 saturated heterocycles. The highest BCUT2D eigenvalue weighted by atomic mass is 32.2. The molecule has 11 heavy (non-hydrogen) atoms. The Labute approximate surface area is 72.2 Å². The standard InChI is InChI=1S/C5H11NO2S.C2H6.2H2/c1-4-3-9(7,8)6-5(4)2;1-2;;/h4-6H,3H2,1-2H3;1-2H3;2*1H/t4-,5?;;;/m1.../s1. The van der Waals surface area contributed by atoms with Gasteiger partial charge in [0.1, 0.15) is 0 Å². The fourth-order valence-electron chi connectivity index (χ4n) is 0.938. The van der Waals surface area contributed by atoms with E-state index in [9.17, 15) is 8.42 Å². The van der Waals surface area contributed by atoms with Crippen LogP contribution in [0.15, 0.2) is 0 Å². The average Bonchev–Trinajstić information content (AvgIpc) is 2.10. The van der Waals surface area contributed by atoms with Crippen LogP contribution in [0.1, 0.15) is 30.5 Å². The van der Waals surface area contributed by atoms with Crippen LogP contribution >= 0.6 is 0 Å². The van der Waals surface area contributed by atoms with E-state index in [1.54, 1.807) is 0 Å². The van der Waals surface area contributed by atoms with Crippen LogP contribution in [0.2, 0.25) is 0 Å². The number of sulfonamides is 1. The molecule has 3 nitrogen and oxygen atoms in total. The van der Waals surface area contributed by atoms with Crippen molar-refractivity contribution in [2.24, 2.45) is 5.92 Å². The van der Waals surface area contributed by atoms with E-state index in [0.29, 0.717) is 0 Å². The summed E-state index contributed by atoms with van der Waals surface area (Å²) in [6.45, 7) is 7.82. The van der Waals surface area contributed by atoms with Gasteiger partial charge >= 0.3 is 0 Å². The Morgan fingerprint density at radius 2 is 1.82 bits per heavy atom. The van der Waals surface area contributed by atoms with Gasteiger partial charge in [0, 0.05) is 8.90 Å². The molecular formula is C7H21NO2S. The number of rotatable bonds is 0. The van der Waals surface area contributed by atoms with Gasteiger partial charge in [0.25, 0.3) is 0 Å². The van der Waals surface area contributed by atoms with E-state index in [2.05, 4.69) is 4.72 Å². The fourth-order valence-corrected chi connectivity index (χ4v) is 2.81. The van der Waals surface area contributed by atoms with Gasteiger partial charge in [-0.15, -0.1) is 0 Å². The van der Waals surface area contributed by atoms with Gasteiger partial charge in [-0.1, -0.05) is 20.8 Å². The van der Waals surface area contributed by atoms with Crippen LogP contribution < -0.4 is 4.72 Å². The van der Waals surface area contributed by atoms with Crippen molar-refractivity contribution in [2.45, 2.75) is 33.7 Å². The summed E-state index contributed by atoms with van der Waals surface area (Å²) in [4.78, 5) is 0. The zero-order valence-electron chi connectivity index (χ0n) is 7.59. The van der Waals surface area contributed by atoms with Crippen LogP contribution in [0.25, 0.3) is 0 Å². The van der Waals surface area contributed by atoms with Crippen molar-refractivity contribution in [3.63, 3.8) is 0 Å². The molecule has 1 N–H and O–H groups in total. The highest BCUT2D eigenvalue weighted by molar-refractivity contribution is 7.89. The highest BCUT2D eigenvalue weighted by Gasteiger charge is 2.30. The molecule has 1 rings (SSSR count). The Morgan fingerprint density at radius 3 is 1.91 bits per heavy atom.